The van der Waals surface area contributed by atoms with Gasteiger partial charge in [-0.25, -0.2) is 17.9 Å². The molecule has 2 aromatic rings. The fraction of sp³-hybridized carbons (Fsp3) is 0.300. The molecular formula is C20H24N2O5S. The second-order valence-corrected chi connectivity index (χ2v) is 8.42. The van der Waals surface area contributed by atoms with E-state index in [0.717, 1.165) is 5.56 Å². The number of sulfonamides is 1. The van der Waals surface area contributed by atoms with Crippen LogP contribution in [-0.2, 0) is 19.6 Å². The summed E-state index contributed by atoms with van der Waals surface area (Å²) in [4.78, 5) is 24.4. The molecule has 7 nitrogen and oxygen atoms in total. The van der Waals surface area contributed by atoms with Gasteiger partial charge in [0.2, 0.25) is 10.0 Å². The molecule has 0 fully saturated rings. The summed E-state index contributed by atoms with van der Waals surface area (Å²) in [5.41, 5.74) is 1.76. The third kappa shape index (κ3) is 5.90. The number of hydrogen-bond donors (Lipinski definition) is 2. The number of anilines is 1. The first-order chi connectivity index (χ1) is 13.1. The van der Waals surface area contributed by atoms with E-state index >= 15 is 0 Å². The van der Waals surface area contributed by atoms with Crippen LogP contribution in [0.2, 0.25) is 0 Å². The molecule has 8 heteroatoms. The number of hydrogen-bond acceptors (Lipinski definition) is 5. The van der Waals surface area contributed by atoms with Crippen molar-refractivity contribution in [3.63, 3.8) is 0 Å². The van der Waals surface area contributed by atoms with Gasteiger partial charge in [-0.1, -0.05) is 17.7 Å². The zero-order valence-electron chi connectivity index (χ0n) is 16.2. The Balaban J connectivity index is 1.98. The highest BCUT2D eigenvalue weighted by Crippen LogP contribution is 2.15. The molecule has 0 saturated carbocycles. The monoisotopic (exact) mass is 404 g/mol. The molecule has 0 bridgehead atoms. The molecule has 2 rings (SSSR count). The summed E-state index contributed by atoms with van der Waals surface area (Å²) in [6.45, 7) is 6.82. The minimum atomic E-state index is -3.60. The Labute approximate surface area is 165 Å². The molecule has 0 aliphatic heterocycles. The summed E-state index contributed by atoms with van der Waals surface area (Å²) in [7, 11) is -3.60. The Bertz CT molecular complexity index is 936. The molecular weight excluding hydrogens is 380 g/mol. The van der Waals surface area contributed by atoms with Crippen LogP contribution in [0.1, 0.15) is 36.7 Å². The summed E-state index contributed by atoms with van der Waals surface area (Å²) >= 11 is 0. The number of carbonyl (C=O) groups excluding carboxylic acids is 2. The van der Waals surface area contributed by atoms with E-state index in [-0.39, 0.29) is 10.9 Å². The van der Waals surface area contributed by atoms with Crippen molar-refractivity contribution >= 4 is 27.6 Å². The lowest BCUT2D eigenvalue weighted by Gasteiger charge is -2.14. The first-order valence-corrected chi connectivity index (χ1v) is 10.3. The van der Waals surface area contributed by atoms with Crippen LogP contribution in [0, 0.1) is 6.92 Å². The lowest BCUT2D eigenvalue weighted by Crippen LogP contribution is -2.30. The molecule has 0 spiro atoms. The summed E-state index contributed by atoms with van der Waals surface area (Å²) in [5, 5.41) is 2.60. The molecule has 28 heavy (non-hydrogen) atoms. The maximum Gasteiger partial charge on any atom is 0.338 e. The van der Waals surface area contributed by atoms with Gasteiger partial charge in [-0.05, 0) is 64.1 Å². The topological polar surface area (TPSA) is 102 Å². The third-order valence-corrected chi connectivity index (χ3v) is 5.44. The van der Waals surface area contributed by atoms with Crippen LogP contribution in [-0.4, -0.2) is 32.4 Å². The van der Waals surface area contributed by atoms with Crippen LogP contribution in [0.5, 0.6) is 0 Å². The van der Waals surface area contributed by atoms with Gasteiger partial charge in [-0.15, -0.1) is 0 Å². The van der Waals surface area contributed by atoms with Crippen molar-refractivity contribution in [1.29, 1.82) is 0 Å². The standard InChI is InChI=1S/C20H24N2O5S/c1-13(2)22-28(25,26)18-11-9-17(10-12-18)21-19(23)15(4)27-20(24)16-7-5-14(3)6-8-16/h5-13,15,22H,1-4H3,(H,21,23)/t15-/m0/s1. The number of nitrogens with one attached hydrogen (secondary N) is 2. The van der Waals surface area contributed by atoms with Gasteiger partial charge in [-0.3, -0.25) is 4.79 Å². The van der Waals surface area contributed by atoms with Crippen LogP contribution >= 0.6 is 0 Å². The minimum absolute atomic E-state index is 0.0954. The number of esters is 1. The number of ether oxygens (including phenoxy) is 1. The Kier molecular flexibility index (Phi) is 6.93. The largest absolute Gasteiger partial charge is 0.449 e. The van der Waals surface area contributed by atoms with E-state index < -0.39 is 28.0 Å². The normalized spacial score (nSPS) is 12.5. The SMILES string of the molecule is Cc1ccc(C(=O)O[C@@H](C)C(=O)Nc2ccc(S(=O)(=O)NC(C)C)cc2)cc1. The quantitative estimate of drug-likeness (QED) is 0.691. The minimum Gasteiger partial charge on any atom is -0.449 e. The highest BCUT2D eigenvalue weighted by Gasteiger charge is 2.20. The Hall–Kier alpha value is -2.71. The molecule has 0 aromatic heterocycles. The number of rotatable bonds is 7. The van der Waals surface area contributed by atoms with Gasteiger partial charge >= 0.3 is 5.97 Å². The van der Waals surface area contributed by atoms with Gasteiger partial charge in [0, 0.05) is 11.7 Å². The van der Waals surface area contributed by atoms with Gasteiger partial charge in [0.1, 0.15) is 0 Å². The maximum absolute atomic E-state index is 12.2. The Morgan fingerprint density at radius 2 is 1.50 bits per heavy atom. The lowest BCUT2D eigenvalue weighted by atomic mass is 10.1. The van der Waals surface area contributed by atoms with Crippen molar-refractivity contribution in [3.8, 4) is 0 Å². The molecule has 1 atom stereocenters. The summed E-state index contributed by atoms with van der Waals surface area (Å²) in [6, 6.07) is 12.3. The van der Waals surface area contributed by atoms with E-state index in [1.165, 1.54) is 31.2 Å². The summed E-state index contributed by atoms with van der Waals surface area (Å²) < 4.78 is 31.9. The van der Waals surface area contributed by atoms with Crippen LogP contribution < -0.4 is 10.0 Å². The van der Waals surface area contributed by atoms with Crippen LogP contribution in [0.3, 0.4) is 0 Å². The van der Waals surface area contributed by atoms with E-state index in [1.807, 2.05) is 6.92 Å². The lowest BCUT2D eigenvalue weighted by molar-refractivity contribution is -0.123. The van der Waals surface area contributed by atoms with Gasteiger partial charge in [0.05, 0.1) is 10.5 Å². The highest BCUT2D eigenvalue weighted by atomic mass is 32.2. The van der Waals surface area contributed by atoms with E-state index in [9.17, 15) is 18.0 Å². The predicted molar refractivity (Wildman–Crippen MR) is 107 cm³/mol. The number of benzene rings is 2. The molecule has 0 unspecified atom stereocenters. The van der Waals surface area contributed by atoms with Crippen molar-refractivity contribution in [2.24, 2.45) is 0 Å². The zero-order valence-corrected chi connectivity index (χ0v) is 17.0. The second kappa shape index (κ2) is 8.99. The molecule has 0 radical (unpaired) electrons. The highest BCUT2D eigenvalue weighted by molar-refractivity contribution is 7.89. The Morgan fingerprint density at radius 3 is 2.04 bits per heavy atom. The van der Waals surface area contributed by atoms with Crippen molar-refractivity contribution < 1.29 is 22.7 Å². The number of aryl methyl sites for hydroxylation is 1. The van der Waals surface area contributed by atoms with E-state index in [1.54, 1.807) is 38.1 Å². The first-order valence-electron chi connectivity index (χ1n) is 8.79. The molecule has 150 valence electrons. The predicted octanol–water partition coefficient (Wildman–Crippen LogP) is 2.87. The molecule has 2 aromatic carbocycles. The summed E-state index contributed by atoms with van der Waals surface area (Å²) in [5.74, 6) is -1.11. The van der Waals surface area contributed by atoms with Gasteiger partial charge in [0.15, 0.2) is 6.10 Å². The number of carbonyl (C=O) groups is 2. The fourth-order valence-electron chi connectivity index (χ4n) is 2.31. The second-order valence-electron chi connectivity index (χ2n) is 6.70. The van der Waals surface area contributed by atoms with Crippen LogP contribution in [0.15, 0.2) is 53.4 Å². The number of amides is 1. The van der Waals surface area contributed by atoms with Gasteiger partial charge < -0.3 is 10.1 Å². The van der Waals surface area contributed by atoms with Gasteiger partial charge in [0.25, 0.3) is 5.91 Å². The Morgan fingerprint density at radius 1 is 0.929 bits per heavy atom. The van der Waals surface area contributed by atoms with Crippen molar-refractivity contribution in [1.82, 2.24) is 4.72 Å². The molecule has 1 amide bonds. The smallest absolute Gasteiger partial charge is 0.338 e. The fourth-order valence-corrected chi connectivity index (χ4v) is 3.56. The third-order valence-electron chi connectivity index (χ3n) is 3.76. The molecule has 0 aliphatic rings. The van der Waals surface area contributed by atoms with E-state index in [0.29, 0.717) is 11.3 Å². The first kappa shape index (κ1) is 21.6. The van der Waals surface area contributed by atoms with Crippen molar-refractivity contribution in [2.45, 2.75) is 44.7 Å². The molecule has 0 aliphatic carbocycles. The van der Waals surface area contributed by atoms with Crippen molar-refractivity contribution in [2.75, 3.05) is 5.32 Å². The molecule has 0 saturated heterocycles. The van der Waals surface area contributed by atoms with E-state index in [2.05, 4.69) is 10.0 Å². The maximum atomic E-state index is 12.2. The van der Waals surface area contributed by atoms with E-state index in [4.69, 9.17) is 4.74 Å². The van der Waals surface area contributed by atoms with Crippen molar-refractivity contribution in [3.05, 3.63) is 59.7 Å². The average molecular weight is 404 g/mol. The average Bonchev–Trinajstić information content (AvgIpc) is 2.61. The van der Waals surface area contributed by atoms with Gasteiger partial charge in [-0.2, -0.15) is 0 Å². The molecule has 0 heterocycles. The summed E-state index contributed by atoms with van der Waals surface area (Å²) in [6.07, 6.45) is -1.01. The molecule has 2 N–H and O–H groups in total. The van der Waals surface area contributed by atoms with Crippen LogP contribution in [0.25, 0.3) is 0 Å². The zero-order chi connectivity index (χ0) is 20.9. The van der Waals surface area contributed by atoms with Crippen LogP contribution in [0.4, 0.5) is 5.69 Å².